The van der Waals surface area contributed by atoms with Crippen LogP contribution in [0.3, 0.4) is 0 Å². The van der Waals surface area contributed by atoms with Crippen molar-refractivity contribution in [3.8, 4) is 0 Å². The van der Waals surface area contributed by atoms with Crippen LogP contribution in [0.15, 0.2) is 46.9 Å². The van der Waals surface area contributed by atoms with Crippen LogP contribution in [0.1, 0.15) is 38.9 Å². The minimum absolute atomic E-state index is 0.248. The molecule has 138 valence electrons. The fraction of sp³-hybridized carbons (Fsp3) is 0.280. The fourth-order valence-corrected chi connectivity index (χ4v) is 4.86. The lowest BCUT2D eigenvalue weighted by Gasteiger charge is -2.25. The Morgan fingerprint density at radius 2 is 0.963 bits per heavy atom. The Morgan fingerprint density at radius 3 is 1.33 bits per heavy atom. The van der Waals surface area contributed by atoms with Gasteiger partial charge in [-0.25, -0.2) is 0 Å². The minimum atomic E-state index is 0.248. The smallest absolute Gasteiger partial charge is 0.0683 e. The molecule has 0 aliphatic carbocycles. The van der Waals surface area contributed by atoms with Crippen LogP contribution >= 0.6 is 15.9 Å². The normalized spacial score (nSPS) is 11.0. The lowest BCUT2D eigenvalue weighted by atomic mass is 9.34. The van der Waals surface area contributed by atoms with Gasteiger partial charge in [-0.15, -0.1) is 0 Å². The highest BCUT2D eigenvalue weighted by Crippen LogP contribution is 2.16. The molecule has 0 aliphatic heterocycles. The molecule has 27 heavy (non-hydrogen) atoms. The molecule has 3 rings (SSSR count). The van der Waals surface area contributed by atoms with E-state index in [-0.39, 0.29) is 6.71 Å². The Hall–Kier alpha value is -1.80. The molecule has 0 N–H and O–H groups in total. The van der Waals surface area contributed by atoms with E-state index >= 15 is 0 Å². The Balaban J connectivity index is 2.37. The van der Waals surface area contributed by atoms with Gasteiger partial charge in [0.2, 0.25) is 6.71 Å². The summed E-state index contributed by atoms with van der Waals surface area (Å²) in [6.07, 6.45) is 0. The highest BCUT2D eigenvalue weighted by atomic mass is 79.9. The van der Waals surface area contributed by atoms with Crippen molar-refractivity contribution in [2.45, 2.75) is 48.5 Å². The number of hydrogen-bond donors (Lipinski definition) is 0. The number of aryl methyl sites for hydroxylation is 7. The first-order chi connectivity index (χ1) is 12.7. The molecule has 0 saturated carbocycles. The van der Waals surface area contributed by atoms with Crippen molar-refractivity contribution in [2.24, 2.45) is 0 Å². The molecule has 0 saturated heterocycles. The summed E-state index contributed by atoms with van der Waals surface area (Å²) in [6.45, 7) is 15.8. The molecule has 0 spiro atoms. The summed E-state index contributed by atoms with van der Waals surface area (Å²) in [5.74, 6) is 0. The molecule has 0 heterocycles. The second-order valence-corrected chi connectivity index (χ2v) is 8.92. The monoisotopic (exact) mass is 418 g/mol. The number of hydrogen-bond acceptors (Lipinski definition) is 0. The highest BCUT2D eigenvalue weighted by Gasteiger charge is 2.28. The third-order valence-electron chi connectivity index (χ3n) is 5.57. The van der Waals surface area contributed by atoms with Crippen LogP contribution < -0.4 is 16.4 Å². The maximum Gasteiger partial charge on any atom is 0.242 e. The Morgan fingerprint density at radius 1 is 0.556 bits per heavy atom. The van der Waals surface area contributed by atoms with E-state index in [2.05, 4.69) is 107 Å². The standard InChI is InChI=1S/C25H28BBr/c1-15-10-18(4)24(19(5)11-15)26(22-8-9-23(27)17(3)14-22)25-20(6)12-16(2)13-21(25)7/h8-14H,1-7H3. The molecular weight excluding hydrogens is 391 g/mol. The Kier molecular flexibility index (Phi) is 5.67. The van der Waals surface area contributed by atoms with E-state index in [0.717, 1.165) is 0 Å². The van der Waals surface area contributed by atoms with E-state index < -0.39 is 0 Å². The van der Waals surface area contributed by atoms with Crippen molar-refractivity contribution in [1.82, 2.24) is 0 Å². The van der Waals surface area contributed by atoms with E-state index in [1.54, 1.807) is 0 Å². The minimum Gasteiger partial charge on any atom is -0.0683 e. The van der Waals surface area contributed by atoms with Crippen LogP contribution in [-0.4, -0.2) is 6.71 Å². The van der Waals surface area contributed by atoms with Gasteiger partial charge in [0.05, 0.1) is 0 Å². The largest absolute Gasteiger partial charge is 0.242 e. The molecule has 3 aromatic rings. The third-order valence-corrected chi connectivity index (χ3v) is 6.46. The van der Waals surface area contributed by atoms with Crippen molar-refractivity contribution in [2.75, 3.05) is 0 Å². The molecule has 0 radical (unpaired) electrons. The molecular formula is C25H28BBr. The number of halogens is 1. The third kappa shape index (κ3) is 3.92. The van der Waals surface area contributed by atoms with Gasteiger partial charge in [0.15, 0.2) is 0 Å². The van der Waals surface area contributed by atoms with Crippen molar-refractivity contribution >= 4 is 39.0 Å². The molecule has 0 aliphatic rings. The first kappa shape index (κ1) is 20.0. The summed E-state index contributed by atoms with van der Waals surface area (Å²) >= 11 is 3.67. The molecule has 2 heteroatoms. The van der Waals surface area contributed by atoms with Crippen molar-refractivity contribution < 1.29 is 0 Å². The molecule has 0 nitrogen and oxygen atoms in total. The molecule has 0 fully saturated rings. The Bertz CT molecular complexity index is 913. The van der Waals surface area contributed by atoms with Gasteiger partial charge in [-0.3, -0.25) is 0 Å². The zero-order chi connectivity index (χ0) is 19.9. The summed E-state index contributed by atoms with van der Waals surface area (Å²) in [6, 6.07) is 16.1. The quantitative estimate of drug-likeness (QED) is 0.517. The molecule has 0 aromatic heterocycles. The second-order valence-electron chi connectivity index (χ2n) is 8.07. The van der Waals surface area contributed by atoms with Crippen LogP contribution in [0, 0.1) is 48.5 Å². The van der Waals surface area contributed by atoms with Crippen LogP contribution in [0.4, 0.5) is 0 Å². The van der Waals surface area contributed by atoms with E-state index in [1.807, 2.05) is 0 Å². The molecule has 0 atom stereocenters. The highest BCUT2D eigenvalue weighted by molar-refractivity contribution is 9.10. The topological polar surface area (TPSA) is 0 Å². The molecule has 0 amide bonds. The SMILES string of the molecule is Cc1cc(C)c(B(c2ccc(Br)c(C)c2)c2c(C)cc(C)cc2C)c(C)c1. The number of benzene rings is 3. The van der Waals surface area contributed by atoms with Gasteiger partial charge in [-0.2, -0.15) is 0 Å². The average Bonchev–Trinajstić information content (AvgIpc) is 2.54. The van der Waals surface area contributed by atoms with E-state index in [1.165, 1.54) is 59.8 Å². The van der Waals surface area contributed by atoms with Crippen LogP contribution in [0.2, 0.25) is 0 Å². The lowest BCUT2D eigenvalue weighted by molar-refractivity contribution is 1.34. The zero-order valence-corrected chi connectivity index (χ0v) is 19.1. The maximum absolute atomic E-state index is 3.67. The van der Waals surface area contributed by atoms with E-state index in [9.17, 15) is 0 Å². The van der Waals surface area contributed by atoms with Crippen molar-refractivity contribution in [3.63, 3.8) is 0 Å². The van der Waals surface area contributed by atoms with Gasteiger partial charge in [-0.05, 0) is 60.1 Å². The second kappa shape index (κ2) is 7.68. The summed E-state index contributed by atoms with van der Waals surface area (Å²) in [7, 11) is 0. The van der Waals surface area contributed by atoms with Gasteiger partial charge in [-0.1, -0.05) is 102 Å². The van der Waals surface area contributed by atoms with Gasteiger partial charge in [0, 0.05) is 4.47 Å². The summed E-state index contributed by atoms with van der Waals surface area (Å²) in [5, 5.41) is 0. The predicted molar refractivity (Wildman–Crippen MR) is 125 cm³/mol. The molecule has 3 aromatic carbocycles. The van der Waals surface area contributed by atoms with Crippen LogP contribution in [0.5, 0.6) is 0 Å². The van der Waals surface area contributed by atoms with Gasteiger partial charge < -0.3 is 0 Å². The van der Waals surface area contributed by atoms with Gasteiger partial charge in [0.1, 0.15) is 0 Å². The first-order valence-electron chi connectivity index (χ1n) is 9.60. The first-order valence-corrected chi connectivity index (χ1v) is 10.4. The van der Waals surface area contributed by atoms with Crippen LogP contribution in [-0.2, 0) is 0 Å². The maximum atomic E-state index is 3.67. The van der Waals surface area contributed by atoms with E-state index in [4.69, 9.17) is 0 Å². The van der Waals surface area contributed by atoms with Crippen molar-refractivity contribution in [3.05, 3.63) is 85.9 Å². The molecule has 0 unspecified atom stereocenters. The van der Waals surface area contributed by atoms with E-state index in [0.29, 0.717) is 0 Å². The lowest BCUT2D eigenvalue weighted by Crippen LogP contribution is -2.55. The number of rotatable bonds is 3. The Labute approximate surface area is 173 Å². The van der Waals surface area contributed by atoms with Gasteiger partial charge >= 0.3 is 0 Å². The van der Waals surface area contributed by atoms with Crippen molar-refractivity contribution in [1.29, 1.82) is 0 Å². The predicted octanol–water partition coefficient (Wildman–Crippen LogP) is 5.12. The zero-order valence-electron chi connectivity index (χ0n) is 17.5. The summed E-state index contributed by atoms with van der Waals surface area (Å²) in [4.78, 5) is 0. The fourth-order valence-electron chi connectivity index (χ4n) is 4.62. The van der Waals surface area contributed by atoms with Crippen LogP contribution in [0.25, 0.3) is 0 Å². The average molecular weight is 419 g/mol. The summed E-state index contributed by atoms with van der Waals surface area (Å²) in [5.41, 5.74) is 13.7. The molecule has 0 bridgehead atoms. The van der Waals surface area contributed by atoms with Gasteiger partial charge in [0.25, 0.3) is 0 Å². The summed E-state index contributed by atoms with van der Waals surface area (Å²) < 4.78 is 1.17.